The van der Waals surface area contributed by atoms with Gasteiger partial charge in [0.05, 0.1) is 5.69 Å². The monoisotopic (exact) mass is 243 g/mol. The van der Waals surface area contributed by atoms with Crippen LogP contribution < -0.4 is 5.32 Å². The fourth-order valence-electron chi connectivity index (χ4n) is 2.27. The Bertz CT molecular complexity index is 596. The highest BCUT2D eigenvalue weighted by Gasteiger charge is 2.15. The molecule has 1 aliphatic rings. The van der Waals surface area contributed by atoms with Crippen molar-refractivity contribution in [1.29, 1.82) is 0 Å². The Morgan fingerprint density at radius 1 is 1.28 bits per heavy atom. The molecule has 0 fully saturated rings. The fraction of sp³-hybridized carbons (Fsp3) is 0.286. The molecule has 0 saturated heterocycles. The summed E-state index contributed by atoms with van der Waals surface area (Å²) in [6.07, 6.45) is 0.904. The van der Waals surface area contributed by atoms with E-state index in [9.17, 15) is 4.39 Å². The summed E-state index contributed by atoms with van der Waals surface area (Å²) in [4.78, 5) is 9.05. The van der Waals surface area contributed by atoms with Gasteiger partial charge < -0.3 is 5.32 Å². The van der Waals surface area contributed by atoms with Crippen molar-refractivity contribution in [3.05, 3.63) is 47.0 Å². The zero-order chi connectivity index (χ0) is 12.5. The number of hydrogen-bond acceptors (Lipinski definition) is 3. The number of fused-ring (bicyclic) bond motifs is 1. The fourth-order valence-corrected chi connectivity index (χ4v) is 2.27. The van der Waals surface area contributed by atoms with Gasteiger partial charge in [-0.15, -0.1) is 0 Å². The first-order valence-corrected chi connectivity index (χ1v) is 6.07. The van der Waals surface area contributed by atoms with E-state index < -0.39 is 0 Å². The molecule has 0 aliphatic carbocycles. The number of rotatable bonds is 1. The standard InChI is InChI=1S/C14H14FN3/c1-9-12-8-16-6-5-13(12)18-14(17-9)10-3-2-4-11(15)7-10/h2-4,7,16H,5-6,8H2,1H3. The number of benzene rings is 1. The van der Waals surface area contributed by atoms with E-state index >= 15 is 0 Å². The van der Waals surface area contributed by atoms with E-state index in [0.717, 1.165) is 36.5 Å². The van der Waals surface area contributed by atoms with Crippen LogP contribution in [0.4, 0.5) is 4.39 Å². The Balaban J connectivity index is 2.11. The largest absolute Gasteiger partial charge is 0.312 e. The Morgan fingerprint density at radius 3 is 3.00 bits per heavy atom. The molecule has 1 aromatic heterocycles. The molecule has 3 nitrogen and oxygen atoms in total. The van der Waals surface area contributed by atoms with Crippen molar-refractivity contribution < 1.29 is 4.39 Å². The van der Waals surface area contributed by atoms with E-state index in [2.05, 4.69) is 15.3 Å². The van der Waals surface area contributed by atoms with Gasteiger partial charge in [-0.1, -0.05) is 12.1 Å². The van der Waals surface area contributed by atoms with Gasteiger partial charge in [-0.05, 0) is 19.1 Å². The summed E-state index contributed by atoms with van der Waals surface area (Å²) >= 11 is 0. The van der Waals surface area contributed by atoms with Crippen molar-refractivity contribution in [2.45, 2.75) is 19.9 Å². The van der Waals surface area contributed by atoms with E-state index in [1.165, 1.54) is 17.7 Å². The minimum Gasteiger partial charge on any atom is -0.312 e. The van der Waals surface area contributed by atoms with E-state index in [4.69, 9.17) is 0 Å². The molecule has 0 bridgehead atoms. The maximum absolute atomic E-state index is 13.2. The molecular weight excluding hydrogens is 229 g/mol. The van der Waals surface area contributed by atoms with Gasteiger partial charge in [-0.2, -0.15) is 0 Å². The molecule has 1 aliphatic heterocycles. The van der Waals surface area contributed by atoms with Crippen molar-refractivity contribution >= 4 is 0 Å². The van der Waals surface area contributed by atoms with Crippen LogP contribution in [0.25, 0.3) is 11.4 Å². The van der Waals surface area contributed by atoms with E-state index in [-0.39, 0.29) is 5.82 Å². The lowest BCUT2D eigenvalue weighted by Gasteiger charge is -2.18. The highest BCUT2D eigenvalue weighted by atomic mass is 19.1. The maximum Gasteiger partial charge on any atom is 0.159 e. The SMILES string of the molecule is Cc1nc(-c2cccc(F)c2)nc2c1CNCC2. The van der Waals surface area contributed by atoms with E-state index in [0.29, 0.717) is 5.82 Å². The van der Waals surface area contributed by atoms with Crippen molar-refractivity contribution in [3.63, 3.8) is 0 Å². The lowest BCUT2D eigenvalue weighted by Crippen LogP contribution is -2.26. The predicted octanol–water partition coefficient (Wildman–Crippen LogP) is 2.24. The maximum atomic E-state index is 13.2. The molecule has 2 aromatic rings. The molecule has 0 radical (unpaired) electrons. The molecule has 0 amide bonds. The number of halogens is 1. The molecule has 18 heavy (non-hydrogen) atoms. The van der Waals surface area contributed by atoms with Crippen molar-refractivity contribution in [2.24, 2.45) is 0 Å². The topological polar surface area (TPSA) is 37.8 Å². The predicted molar refractivity (Wildman–Crippen MR) is 67.6 cm³/mol. The van der Waals surface area contributed by atoms with E-state index in [1.807, 2.05) is 13.0 Å². The molecule has 0 saturated carbocycles. The minimum atomic E-state index is -0.256. The van der Waals surface area contributed by atoms with Gasteiger partial charge in [0.15, 0.2) is 5.82 Å². The summed E-state index contributed by atoms with van der Waals surface area (Å²) in [5.74, 6) is 0.362. The summed E-state index contributed by atoms with van der Waals surface area (Å²) in [6, 6.07) is 6.43. The molecular formula is C14H14FN3. The van der Waals surface area contributed by atoms with Crippen LogP contribution in [0.5, 0.6) is 0 Å². The summed E-state index contributed by atoms with van der Waals surface area (Å²) in [5.41, 5.74) is 3.98. The van der Waals surface area contributed by atoms with Crippen LogP contribution in [0.2, 0.25) is 0 Å². The highest BCUT2D eigenvalue weighted by Crippen LogP contribution is 2.21. The van der Waals surface area contributed by atoms with Gasteiger partial charge >= 0.3 is 0 Å². The average molecular weight is 243 g/mol. The Kier molecular flexibility index (Phi) is 2.80. The first-order valence-electron chi connectivity index (χ1n) is 6.07. The zero-order valence-electron chi connectivity index (χ0n) is 10.2. The van der Waals surface area contributed by atoms with Crippen LogP contribution in [0.1, 0.15) is 17.0 Å². The van der Waals surface area contributed by atoms with Crippen LogP contribution in [-0.4, -0.2) is 16.5 Å². The highest BCUT2D eigenvalue weighted by molar-refractivity contribution is 5.56. The first-order chi connectivity index (χ1) is 8.74. The van der Waals surface area contributed by atoms with Crippen LogP contribution in [0, 0.1) is 12.7 Å². The summed E-state index contributed by atoms with van der Waals surface area (Å²) < 4.78 is 13.2. The molecule has 0 unspecified atom stereocenters. The third-order valence-electron chi connectivity index (χ3n) is 3.22. The lowest BCUT2D eigenvalue weighted by atomic mass is 10.1. The molecule has 4 heteroatoms. The van der Waals surface area contributed by atoms with Crippen LogP contribution in [0.3, 0.4) is 0 Å². The number of aryl methyl sites for hydroxylation is 1. The second-order valence-corrected chi connectivity index (χ2v) is 4.49. The Labute approximate surface area is 105 Å². The van der Waals surface area contributed by atoms with Crippen molar-refractivity contribution in [3.8, 4) is 11.4 Å². The second-order valence-electron chi connectivity index (χ2n) is 4.49. The smallest absolute Gasteiger partial charge is 0.159 e. The van der Waals surface area contributed by atoms with Crippen molar-refractivity contribution in [2.75, 3.05) is 6.54 Å². The zero-order valence-corrected chi connectivity index (χ0v) is 10.2. The average Bonchev–Trinajstić information content (AvgIpc) is 2.39. The van der Waals surface area contributed by atoms with Gasteiger partial charge in [0, 0.05) is 36.3 Å². The number of hydrogen-bond donors (Lipinski definition) is 1. The van der Waals surface area contributed by atoms with Crippen LogP contribution >= 0.6 is 0 Å². The lowest BCUT2D eigenvalue weighted by molar-refractivity contribution is 0.620. The van der Waals surface area contributed by atoms with Crippen LogP contribution in [0.15, 0.2) is 24.3 Å². The van der Waals surface area contributed by atoms with Gasteiger partial charge in [0.1, 0.15) is 5.82 Å². The van der Waals surface area contributed by atoms with Gasteiger partial charge in [-0.25, -0.2) is 14.4 Å². The van der Waals surface area contributed by atoms with Gasteiger partial charge in [0.2, 0.25) is 0 Å². The summed E-state index contributed by atoms with van der Waals surface area (Å²) in [6.45, 7) is 3.74. The first kappa shape index (κ1) is 11.3. The number of nitrogens with zero attached hydrogens (tertiary/aromatic N) is 2. The van der Waals surface area contributed by atoms with Gasteiger partial charge in [0.25, 0.3) is 0 Å². The second kappa shape index (κ2) is 4.46. The quantitative estimate of drug-likeness (QED) is 0.834. The molecule has 0 spiro atoms. The van der Waals surface area contributed by atoms with Crippen LogP contribution in [-0.2, 0) is 13.0 Å². The molecule has 3 rings (SSSR count). The summed E-state index contributed by atoms with van der Waals surface area (Å²) in [5, 5.41) is 3.31. The van der Waals surface area contributed by atoms with Gasteiger partial charge in [-0.3, -0.25) is 0 Å². The molecule has 92 valence electrons. The van der Waals surface area contributed by atoms with E-state index in [1.54, 1.807) is 6.07 Å². The third kappa shape index (κ3) is 1.99. The van der Waals surface area contributed by atoms with Crippen molar-refractivity contribution in [1.82, 2.24) is 15.3 Å². The molecule has 1 N–H and O–H groups in total. The molecule has 1 aromatic carbocycles. The number of aromatic nitrogens is 2. The Hall–Kier alpha value is -1.81. The number of nitrogens with one attached hydrogen (secondary N) is 1. The summed E-state index contributed by atoms with van der Waals surface area (Å²) in [7, 11) is 0. The third-order valence-corrected chi connectivity index (χ3v) is 3.22. The minimum absolute atomic E-state index is 0.256. The normalized spacial score (nSPS) is 14.3. The Morgan fingerprint density at radius 2 is 2.17 bits per heavy atom. The molecule has 0 atom stereocenters. The molecule has 2 heterocycles.